The van der Waals surface area contributed by atoms with Crippen LogP contribution in [0.1, 0.15) is 32.2 Å². The summed E-state index contributed by atoms with van der Waals surface area (Å²) in [5, 5.41) is 18.4. The lowest BCUT2D eigenvalue weighted by atomic mass is 10.1. The highest BCUT2D eigenvalue weighted by Gasteiger charge is 2.18. The largest absolute Gasteiger partial charge is 0.492 e. The molecule has 8 nitrogen and oxygen atoms in total. The molecule has 1 aromatic heterocycles. The number of amides is 2. The molecule has 25 heavy (non-hydrogen) atoms. The molecule has 2 rings (SSSR count). The number of rotatable bonds is 6. The van der Waals surface area contributed by atoms with E-state index >= 15 is 0 Å². The van der Waals surface area contributed by atoms with Crippen molar-refractivity contribution in [2.75, 3.05) is 13.2 Å². The van der Waals surface area contributed by atoms with Gasteiger partial charge in [0.1, 0.15) is 24.5 Å². The minimum absolute atomic E-state index is 0.196. The van der Waals surface area contributed by atoms with Crippen LogP contribution in [-0.2, 0) is 12.1 Å². The molecule has 1 heterocycles. The number of carbonyl (C=O) groups is 1. The van der Waals surface area contributed by atoms with Gasteiger partial charge < -0.3 is 15.4 Å². The SMILES string of the molecule is CC(C)(C)n1ncnc1CNC(=O)NCCOc1ccc(C#N)cc1. The van der Waals surface area contributed by atoms with Crippen LogP contribution < -0.4 is 15.4 Å². The van der Waals surface area contributed by atoms with Crippen molar-refractivity contribution in [3.05, 3.63) is 42.0 Å². The van der Waals surface area contributed by atoms with Crippen molar-refractivity contribution in [2.45, 2.75) is 32.9 Å². The van der Waals surface area contributed by atoms with Crippen molar-refractivity contribution < 1.29 is 9.53 Å². The van der Waals surface area contributed by atoms with Crippen LogP contribution in [0, 0.1) is 11.3 Å². The minimum atomic E-state index is -0.299. The quantitative estimate of drug-likeness (QED) is 0.779. The van der Waals surface area contributed by atoms with Gasteiger partial charge in [0, 0.05) is 0 Å². The zero-order chi connectivity index (χ0) is 18.3. The van der Waals surface area contributed by atoms with Gasteiger partial charge in [-0.25, -0.2) is 14.5 Å². The Morgan fingerprint density at radius 3 is 2.64 bits per heavy atom. The van der Waals surface area contributed by atoms with E-state index in [0.29, 0.717) is 36.8 Å². The van der Waals surface area contributed by atoms with E-state index in [9.17, 15) is 4.79 Å². The zero-order valence-corrected chi connectivity index (χ0v) is 14.6. The lowest BCUT2D eigenvalue weighted by Gasteiger charge is -2.21. The monoisotopic (exact) mass is 342 g/mol. The molecule has 1 aromatic carbocycles. The Balaban J connectivity index is 1.69. The second-order valence-corrected chi connectivity index (χ2v) is 6.35. The summed E-state index contributed by atoms with van der Waals surface area (Å²) in [4.78, 5) is 16.0. The fourth-order valence-electron chi connectivity index (χ4n) is 2.13. The predicted octanol–water partition coefficient (Wildman–Crippen LogP) is 1.78. The molecule has 2 amide bonds. The third kappa shape index (κ3) is 5.49. The van der Waals surface area contributed by atoms with Crippen LogP contribution in [-0.4, -0.2) is 33.9 Å². The molecule has 0 radical (unpaired) electrons. The first-order valence-electron chi connectivity index (χ1n) is 7.94. The lowest BCUT2D eigenvalue weighted by Crippen LogP contribution is -2.38. The molecule has 132 valence electrons. The van der Waals surface area contributed by atoms with E-state index in [1.807, 2.05) is 26.8 Å². The molecule has 0 saturated carbocycles. The number of urea groups is 1. The van der Waals surface area contributed by atoms with Gasteiger partial charge in [-0.1, -0.05) is 0 Å². The summed E-state index contributed by atoms with van der Waals surface area (Å²) >= 11 is 0. The molecule has 2 N–H and O–H groups in total. The van der Waals surface area contributed by atoms with Crippen molar-refractivity contribution in [3.8, 4) is 11.8 Å². The van der Waals surface area contributed by atoms with Crippen molar-refractivity contribution in [2.24, 2.45) is 0 Å². The Hall–Kier alpha value is -3.08. The van der Waals surface area contributed by atoms with Crippen LogP contribution in [0.5, 0.6) is 5.75 Å². The predicted molar refractivity (Wildman–Crippen MR) is 91.9 cm³/mol. The van der Waals surface area contributed by atoms with Crippen LogP contribution in [0.3, 0.4) is 0 Å². The molecule has 8 heteroatoms. The number of aromatic nitrogens is 3. The average Bonchev–Trinajstić information content (AvgIpc) is 3.06. The van der Waals surface area contributed by atoms with E-state index in [4.69, 9.17) is 10.00 Å². The number of hydrogen-bond acceptors (Lipinski definition) is 5. The second-order valence-electron chi connectivity index (χ2n) is 6.35. The Bertz CT molecular complexity index is 740. The summed E-state index contributed by atoms with van der Waals surface area (Å²) in [5.41, 5.74) is 0.381. The molecule has 0 aliphatic rings. The van der Waals surface area contributed by atoms with Gasteiger partial charge in [0.2, 0.25) is 0 Å². The first-order chi connectivity index (χ1) is 11.9. The van der Waals surface area contributed by atoms with Crippen molar-refractivity contribution >= 4 is 6.03 Å². The third-order valence-electron chi connectivity index (χ3n) is 3.30. The Morgan fingerprint density at radius 1 is 1.28 bits per heavy atom. The highest BCUT2D eigenvalue weighted by Crippen LogP contribution is 2.13. The summed E-state index contributed by atoms with van der Waals surface area (Å²) in [6.45, 7) is 7.04. The topological polar surface area (TPSA) is 105 Å². The maximum absolute atomic E-state index is 11.8. The van der Waals surface area contributed by atoms with Gasteiger partial charge in [-0.05, 0) is 45.0 Å². The summed E-state index contributed by atoms with van der Waals surface area (Å²) in [6, 6.07) is 8.55. The molecule has 0 unspecified atom stereocenters. The number of nitriles is 1. The maximum atomic E-state index is 11.8. The smallest absolute Gasteiger partial charge is 0.315 e. The van der Waals surface area contributed by atoms with Crippen LogP contribution in [0.15, 0.2) is 30.6 Å². The second kappa shape index (κ2) is 8.15. The molecule has 0 aliphatic carbocycles. The highest BCUT2D eigenvalue weighted by atomic mass is 16.5. The number of benzene rings is 1. The minimum Gasteiger partial charge on any atom is -0.492 e. The van der Waals surface area contributed by atoms with E-state index in [1.54, 1.807) is 28.9 Å². The standard InChI is InChI=1S/C17H22N6O2/c1-17(2,3)23-15(21-12-22-23)11-20-16(24)19-8-9-25-14-6-4-13(10-18)5-7-14/h4-7,12H,8-9,11H2,1-3H3,(H2,19,20,24). The van der Waals surface area contributed by atoms with Gasteiger partial charge in [-0.15, -0.1) is 0 Å². The van der Waals surface area contributed by atoms with Crippen molar-refractivity contribution in [1.82, 2.24) is 25.4 Å². The summed E-state index contributed by atoms with van der Waals surface area (Å²) in [5.74, 6) is 1.34. The molecule has 0 aliphatic heterocycles. The maximum Gasteiger partial charge on any atom is 0.315 e. The Morgan fingerprint density at radius 2 is 2.00 bits per heavy atom. The van der Waals surface area contributed by atoms with E-state index in [2.05, 4.69) is 20.7 Å². The van der Waals surface area contributed by atoms with E-state index in [0.717, 1.165) is 0 Å². The number of nitrogens with zero attached hydrogens (tertiary/aromatic N) is 4. The molecule has 0 saturated heterocycles. The molecule has 0 atom stereocenters. The van der Waals surface area contributed by atoms with Gasteiger partial charge in [0.15, 0.2) is 0 Å². The fourth-order valence-corrected chi connectivity index (χ4v) is 2.13. The van der Waals surface area contributed by atoms with Crippen LogP contribution >= 0.6 is 0 Å². The van der Waals surface area contributed by atoms with Crippen molar-refractivity contribution in [1.29, 1.82) is 5.26 Å². The third-order valence-corrected chi connectivity index (χ3v) is 3.30. The normalized spacial score (nSPS) is 10.8. The van der Waals surface area contributed by atoms with Crippen LogP contribution in [0.25, 0.3) is 0 Å². The summed E-state index contributed by atoms with van der Waals surface area (Å²) in [7, 11) is 0. The average molecular weight is 342 g/mol. The molecule has 0 spiro atoms. The first kappa shape index (κ1) is 18.3. The number of ether oxygens (including phenoxy) is 1. The van der Waals surface area contributed by atoms with Gasteiger partial charge in [-0.3, -0.25) is 0 Å². The van der Waals surface area contributed by atoms with Crippen molar-refractivity contribution in [3.63, 3.8) is 0 Å². The Labute approximate surface area is 146 Å². The fraction of sp³-hybridized carbons (Fsp3) is 0.412. The van der Waals surface area contributed by atoms with Crippen LogP contribution in [0.4, 0.5) is 4.79 Å². The van der Waals surface area contributed by atoms with Gasteiger partial charge in [-0.2, -0.15) is 10.4 Å². The lowest BCUT2D eigenvalue weighted by molar-refractivity contribution is 0.235. The zero-order valence-electron chi connectivity index (χ0n) is 14.6. The van der Waals surface area contributed by atoms with Gasteiger partial charge in [0.25, 0.3) is 0 Å². The molecular formula is C17H22N6O2. The van der Waals surface area contributed by atoms with Gasteiger partial charge >= 0.3 is 6.03 Å². The van der Waals surface area contributed by atoms with E-state index in [1.165, 1.54) is 6.33 Å². The number of carbonyl (C=O) groups excluding carboxylic acids is 1. The number of nitrogens with one attached hydrogen (secondary N) is 2. The molecule has 0 fully saturated rings. The number of hydrogen-bond donors (Lipinski definition) is 2. The first-order valence-corrected chi connectivity index (χ1v) is 7.94. The molecule has 2 aromatic rings. The highest BCUT2D eigenvalue weighted by molar-refractivity contribution is 5.73. The van der Waals surface area contributed by atoms with E-state index < -0.39 is 0 Å². The van der Waals surface area contributed by atoms with E-state index in [-0.39, 0.29) is 11.6 Å². The van der Waals surface area contributed by atoms with Gasteiger partial charge in [0.05, 0.1) is 30.3 Å². The molecular weight excluding hydrogens is 320 g/mol. The molecule has 0 bridgehead atoms. The Kier molecular flexibility index (Phi) is 5.95. The summed E-state index contributed by atoms with van der Waals surface area (Å²) < 4.78 is 7.27. The summed E-state index contributed by atoms with van der Waals surface area (Å²) in [6.07, 6.45) is 1.48. The van der Waals surface area contributed by atoms with Crippen LogP contribution in [0.2, 0.25) is 0 Å².